The van der Waals surface area contributed by atoms with E-state index in [4.69, 9.17) is 4.74 Å². The molecule has 1 aliphatic heterocycles. The number of amides is 3. The second-order valence-corrected chi connectivity index (χ2v) is 4.50. The molecule has 0 saturated carbocycles. The zero-order valence-electron chi connectivity index (χ0n) is 11.4. The monoisotopic (exact) mass is 266 g/mol. The number of hydrogen-bond donors (Lipinski definition) is 0. The van der Waals surface area contributed by atoms with Gasteiger partial charge in [-0.05, 0) is 20.8 Å². The molecule has 0 spiro atoms. The van der Waals surface area contributed by atoms with Gasteiger partial charge in [0.25, 0.3) is 5.91 Å². The zero-order valence-corrected chi connectivity index (χ0v) is 11.4. The van der Waals surface area contributed by atoms with Crippen LogP contribution >= 0.6 is 0 Å². The molecular formula is C13H18N2O4. The van der Waals surface area contributed by atoms with Gasteiger partial charge in [0.05, 0.1) is 0 Å². The molecule has 19 heavy (non-hydrogen) atoms. The third-order valence-corrected chi connectivity index (χ3v) is 2.72. The molecule has 1 saturated heterocycles. The van der Waals surface area contributed by atoms with E-state index in [1.54, 1.807) is 13.8 Å². The number of nitrogens with zero attached hydrogens (tertiary/aromatic N) is 2. The molecule has 0 aromatic rings. The summed E-state index contributed by atoms with van der Waals surface area (Å²) in [4.78, 5) is 37.5. The second-order valence-electron chi connectivity index (χ2n) is 4.50. The first-order chi connectivity index (χ1) is 8.75. The molecule has 1 unspecified atom stereocenters. The van der Waals surface area contributed by atoms with Crippen molar-refractivity contribution < 1.29 is 19.1 Å². The summed E-state index contributed by atoms with van der Waals surface area (Å²) in [6.07, 6.45) is -0.736. The van der Waals surface area contributed by atoms with Crippen molar-refractivity contribution in [2.75, 3.05) is 13.1 Å². The Morgan fingerprint density at radius 3 is 2.26 bits per heavy atom. The minimum Gasteiger partial charge on any atom is -0.438 e. The SMILES string of the molecule is C=C(C)C(=O)OC(C)N1CCN(C(=O)C(=C)C)C1=O. The summed E-state index contributed by atoms with van der Waals surface area (Å²) in [6.45, 7) is 12.2. The van der Waals surface area contributed by atoms with Crippen molar-refractivity contribution in [1.29, 1.82) is 0 Å². The molecule has 0 bridgehead atoms. The molecule has 0 aromatic carbocycles. The number of carbonyl (C=O) groups excluding carboxylic acids is 3. The molecule has 0 N–H and O–H groups in total. The Kier molecular flexibility index (Phi) is 4.47. The first-order valence-corrected chi connectivity index (χ1v) is 5.90. The van der Waals surface area contributed by atoms with E-state index in [-0.39, 0.29) is 12.1 Å². The fourth-order valence-corrected chi connectivity index (χ4v) is 1.63. The summed E-state index contributed by atoms with van der Waals surface area (Å²) in [7, 11) is 0. The lowest BCUT2D eigenvalue weighted by molar-refractivity contribution is -0.149. The summed E-state index contributed by atoms with van der Waals surface area (Å²) < 4.78 is 5.06. The Labute approximate surface area is 112 Å². The van der Waals surface area contributed by atoms with E-state index in [2.05, 4.69) is 13.2 Å². The number of imide groups is 1. The van der Waals surface area contributed by atoms with Crippen molar-refractivity contribution in [1.82, 2.24) is 9.80 Å². The highest BCUT2D eigenvalue weighted by Gasteiger charge is 2.37. The molecule has 3 amide bonds. The average molecular weight is 266 g/mol. The molecule has 0 aliphatic carbocycles. The smallest absolute Gasteiger partial charge is 0.335 e. The largest absolute Gasteiger partial charge is 0.438 e. The summed E-state index contributed by atoms with van der Waals surface area (Å²) >= 11 is 0. The van der Waals surface area contributed by atoms with Crippen LogP contribution in [-0.2, 0) is 14.3 Å². The molecule has 6 nitrogen and oxygen atoms in total. The van der Waals surface area contributed by atoms with Crippen LogP contribution in [0.2, 0.25) is 0 Å². The number of urea groups is 1. The topological polar surface area (TPSA) is 66.9 Å². The van der Waals surface area contributed by atoms with Gasteiger partial charge in [-0.25, -0.2) is 9.59 Å². The van der Waals surface area contributed by atoms with Crippen LogP contribution in [-0.4, -0.2) is 47.0 Å². The van der Waals surface area contributed by atoms with E-state index in [9.17, 15) is 14.4 Å². The van der Waals surface area contributed by atoms with E-state index < -0.39 is 24.1 Å². The first-order valence-electron chi connectivity index (χ1n) is 5.90. The van der Waals surface area contributed by atoms with Crippen LogP contribution in [0, 0.1) is 0 Å². The van der Waals surface area contributed by atoms with Crippen LogP contribution < -0.4 is 0 Å². The molecule has 1 atom stereocenters. The lowest BCUT2D eigenvalue weighted by Crippen LogP contribution is -2.42. The van der Waals surface area contributed by atoms with Crippen molar-refractivity contribution >= 4 is 17.9 Å². The van der Waals surface area contributed by atoms with Crippen molar-refractivity contribution in [3.63, 3.8) is 0 Å². The van der Waals surface area contributed by atoms with Crippen molar-refractivity contribution in [3.8, 4) is 0 Å². The number of hydrogen-bond acceptors (Lipinski definition) is 4. The summed E-state index contributed by atoms with van der Waals surface area (Å²) in [6, 6.07) is -0.477. The van der Waals surface area contributed by atoms with Crippen LogP contribution in [0.25, 0.3) is 0 Å². The predicted octanol–water partition coefficient (Wildman–Crippen LogP) is 1.29. The van der Waals surface area contributed by atoms with Gasteiger partial charge >= 0.3 is 12.0 Å². The zero-order chi connectivity index (χ0) is 14.7. The van der Waals surface area contributed by atoms with Gasteiger partial charge < -0.3 is 4.74 Å². The highest BCUT2D eigenvalue weighted by molar-refractivity contribution is 6.04. The van der Waals surface area contributed by atoms with Crippen molar-refractivity contribution in [2.24, 2.45) is 0 Å². The molecular weight excluding hydrogens is 248 g/mol. The maximum absolute atomic E-state index is 12.0. The first kappa shape index (κ1) is 14.9. The Morgan fingerprint density at radius 2 is 1.79 bits per heavy atom. The van der Waals surface area contributed by atoms with Gasteiger partial charge in [-0.1, -0.05) is 13.2 Å². The number of rotatable bonds is 4. The second kappa shape index (κ2) is 5.69. The number of esters is 1. The van der Waals surface area contributed by atoms with Gasteiger partial charge in [0.15, 0.2) is 6.23 Å². The highest BCUT2D eigenvalue weighted by atomic mass is 16.6. The molecule has 1 rings (SSSR count). The van der Waals surface area contributed by atoms with Crippen LogP contribution in [0.15, 0.2) is 24.3 Å². The molecule has 104 valence electrons. The lowest BCUT2D eigenvalue weighted by Gasteiger charge is -2.24. The molecule has 6 heteroatoms. The lowest BCUT2D eigenvalue weighted by atomic mass is 10.3. The summed E-state index contributed by atoms with van der Waals surface area (Å²) in [5.41, 5.74) is 0.551. The maximum atomic E-state index is 12.0. The Hall–Kier alpha value is -2.11. The Morgan fingerprint density at radius 1 is 1.21 bits per heavy atom. The van der Waals surface area contributed by atoms with E-state index in [0.29, 0.717) is 12.1 Å². The Balaban J connectivity index is 2.70. The summed E-state index contributed by atoms with van der Waals surface area (Å²) in [5.74, 6) is -0.976. The molecule has 0 aromatic heterocycles. The molecule has 1 fully saturated rings. The van der Waals surface area contributed by atoms with Gasteiger partial charge in [-0.3, -0.25) is 14.6 Å². The van der Waals surface area contributed by atoms with Gasteiger partial charge in [0, 0.05) is 24.2 Å². The minimum atomic E-state index is -0.736. The van der Waals surface area contributed by atoms with Crippen LogP contribution in [0.3, 0.4) is 0 Å². The Bertz CT molecular complexity index is 456. The average Bonchev–Trinajstić information content (AvgIpc) is 2.69. The van der Waals surface area contributed by atoms with Gasteiger partial charge in [0.2, 0.25) is 0 Å². The fraction of sp³-hybridized carbons (Fsp3) is 0.462. The predicted molar refractivity (Wildman–Crippen MR) is 69.0 cm³/mol. The highest BCUT2D eigenvalue weighted by Crippen LogP contribution is 2.16. The normalized spacial score (nSPS) is 16.3. The van der Waals surface area contributed by atoms with Gasteiger partial charge in [0.1, 0.15) is 0 Å². The van der Waals surface area contributed by atoms with Crippen molar-refractivity contribution in [3.05, 3.63) is 24.3 Å². The summed E-state index contributed by atoms with van der Waals surface area (Å²) in [5, 5.41) is 0. The quantitative estimate of drug-likeness (QED) is 0.568. The standard InChI is InChI=1S/C13H18N2O4/c1-8(2)11(16)15-7-6-14(13(15)18)10(5)19-12(17)9(3)4/h10H,1,3,6-7H2,2,4-5H3. The van der Waals surface area contributed by atoms with Crippen LogP contribution in [0.4, 0.5) is 4.79 Å². The van der Waals surface area contributed by atoms with Crippen molar-refractivity contribution in [2.45, 2.75) is 27.0 Å². The van der Waals surface area contributed by atoms with Gasteiger partial charge in [-0.15, -0.1) is 0 Å². The third-order valence-electron chi connectivity index (χ3n) is 2.72. The molecule has 0 radical (unpaired) electrons. The van der Waals surface area contributed by atoms with Gasteiger partial charge in [-0.2, -0.15) is 0 Å². The third kappa shape index (κ3) is 3.21. The minimum absolute atomic E-state index is 0.258. The number of carbonyl (C=O) groups is 3. The molecule has 1 heterocycles. The van der Waals surface area contributed by atoms with E-state index in [1.807, 2.05) is 0 Å². The molecule has 1 aliphatic rings. The number of ether oxygens (including phenoxy) is 1. The fourth-order valence-electron chi connectivity index (χ4n) is 1.63. The van der Waals surface area contributed by atoms with Crippen LogP contribution in [0.1, 0.15) is 20.8 Å². The maximum Gasteiger partial charge on any atom is 0.335 e. The van der Waals surface area contributed by atoms with Crippen LogP contribution in [0.5, 0.6) is 0 Å². The van der Waals surface area contributed by atoms with E-state index in [1.165, 1.54) is 11.8 Å². The van der Waals surface area contributed by atoms with E-state index in [0.717, 1.165) is 4.90 Å². The van der Waals surface area contributed by atoms with E-state index >= 15 is 0 Å².